The van der Waals surface area contributed by atoms with E-state index >= 15 is 0 Å². The second-order valence-corrected chi connectivity index (χ2v) is 16.2. The Hall–Kier alpha value is -7.22. The molecular weight excluding hydrogens is 699 g/mol. The van der Waals surface area contributed by atoms with Crippen molar-refractivity contribution in [3.05, 3.63) is 223 Å². The third kappa shape index (κ3) is 5.70. The van der Waals surface area contributed by atoms with E-state index in [4.69, 9.17) is 0 Å². The number of anilines is 3. The van der Waals surface area contributed by atoms with Gasteiger partial charge in [-0.1, -0.05) is 172 Å². The van der Waals surface area contributed by atoms with Gasteiger partial charge in [0.2, 0.25) is 0 Å². The highest BCUT2D eigenvalue weighted by molar-refractivity contribution is 6.01. The van der Waals surface area contributed by atoms with E-state index in [1.165, 1.54) is 88.0 Å². The highest BCUT2D eigenvalue weighted by Crippen LogP contribution is 2.52. The van der Waals surface area contributed by atoms with Crippen molar-refractivity contribution in [1.29, 1.82) is 0 Å². The first-order chi connectivity index (χ1) is 28.5. The summed E-state index contributed by atoms with van der Waals surface area (Å²) in [5, 5.41) is 7.50. The van der Waals surface area contributed by atoms with Gasteiger partial charge in [0.05, 0.1) is 5.69 Å². The number of nitrogens with zero attached hydrogens (tertiary/aromatic N) is 1. The normalized spacial score (nSPS) is 12.8. The summed E-state index contributed by atoms with van der Waals surface area (Å²) in [5.74, 6) is 0. The Bertz CT molecular complexity index is 3190. The molecule has 0 unspecified atom stereocenters. The van der Waals surface area contributed by atoms with Gasteiger partial charge in [-0.25, -0.2) is 0 Å². The Kier molecular flexibility index (Phi) is 7.91. The van der Waals surface area contributed by atoms with Gasteiger partial charge in [0.15, 0.2) is 0 Å². The van der Waals surface area contributed by atoms with Crippen LogP contribution in [0.5, 0.6) is 0 Å². The van der Waals surface area contributed by atoms with Gasteiger partial charge in [-0.2, -0.15) is 0 Å². The molecular formula is C57H41N. The van der Waals surface area contributed by atoms with Crippen LogP contribution in [0, 0.1) is 0 Å². The lowest BCUT2D eigenvalue weighted by Gasteiger charge is -2.30. The molecule has 11 rings (SSSR count). The molecule has 0 heterocycles. The number of rotatable bonds is 6. The van der Waals surface area contributed by atoms with Crippen molar-refractivity contribution in [3.8, 4) is 44.5 Å². The maximum Gasteiger partial charge on any atom is 0.0540 e. The van der Waals surface area contributed by atoms with Crippen LogP contribution in [-0.4, -0.2) is 0 Å². The molecule has 0 fully saturated rings. The molecule has 10 aromatic carbocycles. The molecule has 0 saturated carbocycles. The molecule has 58 heavy (non-hydrogen) atoms. The summed E-state index contributed by atoms with van der Waals surface area (Å²) in [6.07, 6.45) is 0. The first-order valence-electron chi connectivity index (χ1n) is 20.2. The van der Waals surface area contributed by atoms with Gasteiger partial charge in [-0.15, -0.1) is 0 Å². The largest absolute Gasteiger partial charge is 0.310 e. The van der Waals surface area contributed by atoms with Crippen molar-refractivity contribution in [2.45, 2.75) is 19.3 Å². The van der Waals surface area contributed by atoms with Gasteiger partial charge in [-0.05, 0) is 137 Å². The zero-order chi connectivity index (χ0) is 38.8. The van der Waals surface area contributed by atoms with Crippen molar-refractivity contribution in [2.75, 3.05) is 4.90 Å². The summed E-state index contributed by atoms with van der Waals surface area (Å²) in [7, 11) is 0. The van der Waals surface area contributed by atoms with Crippen LogP contribution < -0.4 is 4.90 Å². The fourth-order valence-electron chi connectivity index (χ4n) is 9.29. The number of fused-ring (bicyclic) bond motifs is 6. The number of hydrogen-bond acceptors (Lipinski definition) is 1. The molecule has 1 aliphatic carbocycles. The average Bonchev–Trinajstić information content (AvgIpc) is 3.50. The molecule has 0 saturated heterocycles. The van der Waals surface area contributed by atoms with Crippen LogP contribution in [0.25, 0.3) is 76.8 Å². The predicted octanol–water partition coefficient (Wildman–Crippen LogP) is 15.9. The van der Waals surface area contributed by atoms with Crippen LogP contribution in [0.4, 0.5) is 17.1 Å². The molecule has 0 aliphatic heterocycles. The number of hydrogen-bond donors (Lipinski definition) is 0. The maximum atomic E-state index is 2.47. The Labute approximate surface area is 340 Å². The highest BCUT2D eigenvalue weighted by Gasteiger charge is 2.36. The Morgan fingerprint density at radius 1 is 0.293 bits per heavy atom. The van der Waals surface area contributed by atoms with Gasteiger partial charge < -0.3 is 4.90 Å². The molecule has 1 heteroatoms. The summed E-state index contributed by atoms with van der Waals surface area (Å²) >= 11 is 0. The summed E-state index contributed by atoms with van der Waals surface area (Å²) in [6.45, 7) is 4.78. The smallest absolute Gasteiger partial charge is 0.0540 e. The van der Waals surface area contributed by atoms with Crippen LogP contribution in [0.3, 0.4) is 0 Å². The highest BCUT2D eigenvalue weighted by atomic mass is 15.1. The molecule has 0 amide bonds. The lowest BCUT2D eigenvalue weighted by Crippen LogP contribution is -2.17. The topological polar surface area (TPSA) is 3.24 Å². The van der Waals surface area contributed by atoms with Crippen molar-refractivity contribution in [1.82, 2.24) is 0 Å². The second-order valence-electron chi connectivity index (χ2n) is 16.2. The third-order valence-corrected chi connectivity index (χ3v) is 12.4. The summed E-state index contributed by atoms with van der Waals surface area (Å²) < 4.78 is 0. The molecule has 0 spiro atoms. The van der Waals surface area contributed by atoms with E-state index in [0.29, 0.717) is 0 Å². The van der Waals surface area contributed by atoms with Crippen LogP contribution in [0.15, 0.2) is 212 Å². The summed E-state index contributed by atoms with van der Waals surface area (Å²) in [6, 6.07) is 78.3. The molecule has 10 aromatic rings. The minimum absolute atomic E-state index is 0.200. The molecule has 1 aliphatic rings. The van der Waals surface area contributed by atoms with Crippen molar-refractivity contribution in [2.24, 2.45) is 0 Å². The van der Waals surface area contributed by atoms with Gasteiger partial charge in [-0.3, -0.25) is 0 Å². The van der Waals surface area contributed by atoms with E-state index in [2.05, 4.69) is 231 Å². The van der Waals surface area contributed by atoms with Crippen molar-refractivity contribution >= 4 is 49.4 Å². The minimum atomic E-state index is -0.200. The molecule has 0 aromatic heterocycles. The minimum Gasteiger partial charge on any atom is -0.310 e. The van der Waals surface area contributed by atoms with Crippen molar-refractivity contribution < 1.29 is 0 Å². The quantitative estimate of drug-likeness (QED) is 0.154. The van der Waals surface area contributed by atoms with Crippen LogP contribution in [-0.2, 0) is 5.41 Å². The van der Waals surface area contributed by atoms with Crippen LogP contribution in [0.2, 0.25) is 0 Å². The van der Waals surface area contributed by atoms with Crippen LogP contribution in [0.1, 0.15) is 25.0 Å². The van der Waals surface area contributed by atoms with E-state index in [9.17, 15) is 0 Å². The first-order valence-corrected chi connectivity index (χ1v) is 20.2. The lowest BCUT2D eigenvalue weighted by atomic mass is 9.81. The summed E-state index contributed by atoms with van der Waals surface area (Å²) in [5.41, 5.74) is 15.9. The SMILES string of the molecule is CC1(C)c2cc(-c3ccc4ccccc4c3)ccc2-c2ccc(N(c3ccc4cc5ccccc5cc4c3)c3ccccc3-c3ccc(-c4ccccc4)cc3)cc21. The predicted molar refractivity (Wildman–Crippen MR) is 248 cm³/mol. The Balaban J connectivity index is 1.05. The zero-order valence-electron chi connectivity index (χ0n) is 32.7. The van der Waals surface area contributed by atoms with Gasteiger partial charge in [0, 0.05) is 22.4 Å². The van der Waals surface area contributed by atoms with E-state index in [0.717, 1.165) is 17.1 Å². The molecule has 0 N–H and O–H groups in total. The average molecular weight is 740 g/mol. The molecule has 274 valence electrons. The third-order valence-electron chi connectivity index (χ3n) is 12.4. The zero-order valence-corrected chi connectivity index (χ0v) is 32.7. The standard InChI is InChI=1S/C57H41N/c1-57(2)54-36-47(45-25-22-39-14-6-7-15-42(39)32-45)27-30-52(54)53-31-29-50(37-55(53)57)58(49-28-26-46-33-43-16-8-9-17-44(43)34-48(46)35-49)56-19-11-10-18-51(56)41-23-20-40(21-24-41)38-12-4-3-5-13-38/h3-37H,1-2H3. The monoisotopic (exact) mass is 739 g/mol. The fourth-order valence-corrected chi connectivity index (χ4v) is 9.29. The van der Waals surface area contributed by atoms with E-state index in [1.807, 2.05) is 0 Å². The lowest BCUT2D eigenvalue weighted by molar-refractivity contribution is 0.660. The molecule has 1 nitrogen and oxygen atoms in total. The van der Waals surface area contributed by atoms with E-state index < -0.39 is 0 Å². The number of para-hydroxylation sites is 1. The number of benzene rings is 10. The fraction of sp³-hybridized carbons (Fsp3) is 0.0526. The van der Waals surface area contributed by atoms with E-state index in [1.54, 1.807) is 0 Å². The summed E-state index contributed by atoms with van der Waals surface area (Å²) in [4.78, 5) is 2.47. The van der Waals surface area contributed by atoms with Gasteiger partial charge in [0.25, 0.3) is 0 Å². The van der Waals surface area contributed by atoms with Gasteiger partial charge >= 0.3 is 0 Å². The van der Waals surface area contributed by atoms with Gasteiger partial charge in [0.1, 0.15) is 0 Å². The van der Waals surface area contributed by atoms with Crippen LogP contribution >= 0.6 is 0 Å². The molecule has 0 radical (unpaired) electrons. The maximum absolute atomic E-state index is 2.47. The second kappa shape index (κ2) is 13.5. The van der Waals surface area contributed by atoms with Crippen molar-refractivity contribution in [3.63, 3.8) is 0 Å². The Morgan fingerprint density at radius 2 is 0.776 bits per heavy atom. The molecule has 0 atom stereocenters. The first kappa shape index (κ1) is 34.1. The molecule has 0 bridgehead atoms. The van der Waals surface area contributed by atoms with E-state index in [-0.39, 0.29) is 5.41 Å². The Morgan fingerprint density at radius 3 is 1.55 bits per heavy atom.